The second-order valence-corrected chi connectivity index (χ2v) is 11.6. The van der Waals surface area contributed by atoms with Crippen LogP contribution in [0.3, 0.4) is 0 Å². The summed E-state index contributed by atoms with van der Waals surface area (Å²) >= 11 is 0. The topological polar surface area (TPSA) is 54.0 Å². The van der Waals surface area contributed by atoms with Gasteiger partial charge in [-0.1, -0.05) is 12.1 Å². The van der Waals surface area contributed by atoms with E-state index in [-0.39, 0.29) is 5.78 Å². The summed E-state index contributed by atoms with van der Waals surface area (Å²) in [5, 5.41) is 0. The Kier molecular flexibility index (Phi) is 4.58. The molecule has 0 bridgehead atoms. The first-order valence-electron chi connectivity index (χ1n) is 8.43. The number of Topliss-reactive ketones (excluding diaryl/α,β-unsaturated/α-hetero) is 1. The van der Waals surface area contributed by atoms with Crippen molar-refractivity contribution in [2.45, 2.75) is 25.2 Å². The number of fused-ring (bicyclic) bond motifs is 1. The number of ketones is 1. The van der Waals surface area contributed by atoms with Gasteiger partial charge >= 0.3 is 0 Å². The number of carbonyl (C=O) groups excluding carboxylic acids is 1. The lowest BCUT2D eigenvalue weighted by molar-refractivity contribution is 0.0453. The first kappa shape index (κ1) is 18.5. The molecule has 0 heterocycles. The number of hydrogen-bond donors (Lipinski definition) is 0. The standard InChI is InChI=1S/C20H24O5Si/c1-22-14-9-7-13(8-10-14)20(25-26(4,5)6)16-12-18(24-3)17(23-2)11-15(16)19(20)21/h7-12H,1-6H3. The molecule has 26 heavy (non-hydrogen) atoms. The summed E-state index contributed by atoms with van der Waals surface area (Å²) in [6.45, 7) is 6.22. The summed E-state index contributed by atoms with van der Waals surface area (Å²) in [6, 6.07) is 11.0. The highest BCUT2D eigenvalue weighted by atomic mass is 28.4. The molecule has 6 heteroatoms. The van der Waals surface area contributed by atoms with E-state index in [1.165, 1.54) is 0 Å². The monoisotopic (exact) mass is 372 g/mol. The van der Waals surface area contributed by atoms with Crippen molar-refractivity contribution in [3.05, 3.63) is 53.1 Å². The first-order valence-corrected chi connectivity index (χ1v) is 11.8. The highest BCUT2D eigenvalue weighted by molar-refractivity contribution is 6.70. The van der Waals surface area contributed by atoms with Gasteiger partial charge in [0.1, 0.15) is 5.75 Å². The van der Waals surface area contributed by atoms with Gasteiger partial charge in [0, 0.05) is 11.1 Å². The second kappa shape index (κ2) is 6.45. The Hall–Kier alpha value is -2.31. The van der Waals surface area contributed by atoms with Gasteiger partial charge in [-0.15, -0.1) is 0 Å². The van der Waals surface area contributed by atoms with E-state index in [1.807, 2.05) is 30.3 Å². The smallest absolute Gasteiger partial charge is 0.203 e. The van der Waals surface area contributed by atoms with Gasteiger partial charge < -0.3 is 18.6 Å². The Balaban J connectivity index is 2.21. The Bertz CT molecular complexity index is 839. The molecule has 2 aromatic carbocycles. The third-order valence-corrected chi connectivity index (χ3v) is 5.34. The molecule has 0 fully saturated rings. The molecule has 0 spiro atoms. The quantitative estimate of drug-likeness (QED) is 0.717. The number of benzene rings is 2. The number of rotatable bonds is 6. The zero-order chi connectivity index (χ0) is 19.1. The summed E-state index contributed by atoms with van der Waals surface area (Å²) in [4.78, 5) is 13.2. The van der Waals surface area contributed by atoms with E-state index in [1.54, 1.807) is 27.4 Å². The van der Waals surface area contributed by atoms with E-state index >= 15 is 0 Å². The van der Waals surface area contributed by atoms with Gasteiger partial charge in [-0.25, -0.2) is 0 Å². The van der Waals surface area contributed by atoms with Crippen molar-refractivity contribution < 1.29 is 23.4 Å². The lowest BCUT2D eigenvalue weighted by atomic mass is 9.68. The molecule has 0 amide bonds. The lowest BCUT2D eigenvalue weighted by Gasteiger charge is -2.46. The Morgan fingerprint density at radius 1 is 0.846 bits per heavy atom. The molecule has 0 aliphatic heterocycles. The molecule has 3 rings (SSSR count). The Morgan fingerprint density at radius 2 is 1.42 bits per heavy atom. The molecule has 0 radical (unpaired) electrons. The number of hydrogen-bond acceptors (Lipinski definition) is 5. The van der Waals surface area contributed by atoms with Gasteiger partial charge in [-0.3, -0.25) is 4.79 Å². The largest absolute Gasteiger partial charge is 0.497 e. The molecule has 0 aromatic heterocycles. The predicted molar refractivity (Wildman–Crippen MR) is 102 cm³/mol. The molecular formula is C20H24O5Si. The first-order chi connectivity index (χ1) is 12.3. The lowest BCUT2D eigenvalue weighted by Crippen LogP contribution is -2.54. The zero-order valence-electron chi connectivity index (χ0n) is 16.0. The van der Waals surface area contributed by atoms with Crippen LogP contribution >= 0.6 is 0 Å². The van der Waals surface area contributed by atoms with Crippen LogP contribution in [-0.4, -0.2) is 35.4 Å². The normalized spacial score (nSPS) is 18.8. The predicted octanol–water partition coefficient (Wildman–Crippen LogP) is 4.00. The van der Waals surface area contributed by atoms with Crippen LogP contribution in [0, 0.1) is 0 Å². The average molecular weight is 372 g/mol. The fourth-order valence-corrected chi connectivity index (χ4v) is 4.58. The van der Waals surface area contributed by atoms with Crippen LogP contribution in [0.1, 0.15) is 21.5 Å². The number of methoxy groups -OCH3 is 3. The van der Waals surface area contributed by atoms with Gasteiger partial charge in [0.2, 0.25) is 5.78 Å². The molecule has 1 unspecified atom stereocenters. The fraction of sp³-hybridized carbons (Fsp3) is 0.350. The van der Waals surface area contributed by atoms with Crippen LogP contribution in [0.2, 0.25) is 19.6 Å². The summed E-state index contributed by atoms with van der Waals surface area (Å²) < 4.78 is 22.5. The minimum Gasteiger partial charge on any atom is -0.497 e. The molecule has 0 saturated heterocycles. The summed E-state index contributed by atoms with van der Waals surface area (Å²) in [7, 11) is 2.71. The van der Waals surface area contributed by atoms with Crippen molar-refractivity contribution in [2.24, 2.45) is 0 Å². The molecule has 138 valence electrons. The molecular weight excluding hydrogens is 348 g/mol. The molecule has 5 nitrogen and oxygen atoms in total. The summed E-state index contributed by atoms with van der Waals surface area (Å²) in [5.41, 5.74) is 1.11. The molecule has 1 aliphatic rings. The van der Waals surface area contributed by atoms with Gasteiger partial charge in [0.25, 0.3) is 0 Å². The molecule has 2 aromatic rings. The summed E-state index contributed by atoms with van der Waals surface area (Å²) in [5.74, 6) is 1.80. The van der Waals surface area contributed by atoms with E-state index < -0.39 is 13.9 Å². The fourth-order valence-electron chi connectivity index (χ4n) is 3.34. The highest BCUT2D eigenvalue weighted by Crippen LogP contribution is 2.52. The van der Waals surface area contributed by atoms with Gasteiger partial charge in [0.15, 0.2) is 25.4 Å². The van der Waals surface area contributed by atoms with Crippen LogP contribution in [-0.2, 0) is 10.0 Å². The minimum absolute atomic E-state index is 0.0546. The maximum atomic E-state index is 13.2. The average Bonchev–Trinajstić information content (AvgIpc) is 2.63. The minimum atomic E-state index is -2.05. The maximum Gasteiger partial charge on any atom is 0.203 e. The van der Waals surface area contributed by atoms with E-state index in [0.29, 0.717) is 17.1 Å². The van der Waals surface area contributed by atoms with E-state index in [0.717, 1.165) is 16.9 Å². The molecule has 0 N–H and O–H groups in total. The van der Waals surface area contributed by atoms with Crippen LogP contribution in [0.4, 0.5) is 0 Å². The van der Waals surface area contributed by atoms with Crippen molar-refractivity contribution in [2.75, 3.05) is 21.3 Å². The highest BCUT2D eigenvalue weighted by Gasteiger charge is 2.56. The van der Waals surface area contributed by atoms with E-state index in [4.69, 9.17) is 18.6 Å². The third-order valence-electron chi connectivity index (χ3n) is 4.42. The number of carbonyl (C=O) groups is 1. The Labute approximate surface area is 155 Å². The Morgan fingerprint density at radius 3 is 1.92 bits per heavy atom. The maximum absolute atomic E-state index is 13.2. The van der Waals surface area contributed by atoms with Crippen LogP contribution in [0.25, 0.3) is 0 Å². The van der Waals surface area contributed by atoms with E-state index in [9.17, 15) is 4.79 Å². The van der Waals surface area contributed by atoms with Crippen molar-refractivity contribution in [3.63, 3.8) is 0 Å². The van der Waals surface area contributed by atoms with Crippen molar-refractivity contribution >= 4 is 14.1 Å². The molecule has 1 atom stereocenters. The van der Waals surface area contributed by atoms with Crippen molar-refractivity contribution in [1.29, 1.82) is 0 Å². The van der Waals surface area contributed by atoms with Crippen molar-refractivity contribution in [1.82, 2.24) is 0 Å². The van der Waals surface area contributed by atoms with Crippen LogP contribution in [0.15, 0.2) is 36.4 Å². The molecule has 1 aliphatic carbocycles. The molecule has 0 saturated carbocycles. The van der Waals surface area contributed by atoms with Crippen LogP contribution in [0.5, 0.6) is 17.2 Å². The second-order valence-electron chi connectivity index (χ2n) is 7.21. The number of ether oxygens (including phenoxy) is 3. The van der Waals surface area contributed by atoms with Crippen molar-refractivity contribution in [3.8, 4) is 17.2 Å². The van der Waals surface area contributed by atoms with E-state index in [2.05, 4.69) is 19.6 Å². The summed E-state index contributed by atoms with van der Waals surface area (Å²) in [6.07, 6.45) is 0. The SMILES string of the molecule is COc1ccc(C2(O[Si](C)(C)C)C(=O)c3cc(OC)c(OC)cc32)cc1. The van der Waals surface area contributed by atoms with Gasteiger partial charge in [-0.2, -0.15) is 0 Å². The van der Waals surface area contributed by atoms with Crippen LogP contribution < -0.4 is 14.2 Å². The van der Waals surface area contributed by atoms with Gasteiger partial charge in [-0.05, 0) is 49.5 Å². The third kappa shape index (κ3) is 2.79. The zero-order valence-corrected chi connectivity index (χ0v) is 17.0. The van der Waals surface area contributed by atoms with Gasteiger partial charge in [0.05, 0.1) is 21.3 Å².